The van der Waals surface area contributed by atoms with Crippen LogP contribution in [0.25, 0.3) is 6.08 Å². The standard InChI is InChI=1S/C20H30BNO3/c1-16(21-24-19(2,3)20(4,5)25-21)14-17-6-8-18(9-7-17)15-22-10-12-23-13-11-22/h6-9,14H,10-13,15H2,1-5H3/b16-14+. The highest BCUT2D eigenvalue weighted by Gasteiger charge is 2.51. The molecule has 2 aliphatic heterocycles. The first-order chi connectivity index (χ1) is 11.8. The van der Waals surface area contributed by atoms with Gasteiger partial charge in [0.15, 0.2) is 0 Å². The average molecular weight is 343 g/mol. The van der Waals surface area contributed by atoms with E-state index >= 15 is 0 Å². The van der Waals surface area contributed by atoms with Crippen LogP contribution in [0.3, 0.4) is 0 Å². The van der Waals surface area contributed by atoms with Crippen molar-refractivity contribution in [2.45, 2.75) is 52.4 Å². The van der Waals surface area contributed by atoms with E-state index in [1.807, 2.05) is 0 Å². The summed E-state index contributed by atoms with van der Waals surface area (Å²) < 4.78 is 17.6. The van der Waals surface area contributed by atoms with E-state index in [0.717, 1.165) is 38.3 Å². The lowest BCUT2D eigenvalue weighted by molar-refractivity contribution is 0.00578. The van der Waals surface area contributed by atoms with Crippen molar-refractivity contribution in [1.29, 1.82) is 0 Å². The van der Waals surface area contributed by atoms with Crippen molar-refractivity contribution >= 4 is 13.2 Å². The lowest BCUT2D eigenvalue weighted by atomic mass is 9.78. The Morgan fingerprint density at radius 3 is 2.16 bits per heavy atom. The molecule has 2 fully saturated rings. The summed E-state index contributed by atoms with van der Waals surface area (Å²) >= 11 is 0. The molecule has 2 saturated heterocycles. The number of allylic oxidation sites excluding steroid dienone is 1. The van der Waals surface area contributed by atoms with Crippen molar-refractivity contribution in [2.24, 2.45) is 0 Å². The van der Waals surface area contributed by atoms with E-state index < -0.39 is 0 Å². The van der Waals surface area contributed by atoms with Crippen LogP contribution in [0.15, 0.2) is 29.7 Å². The quantitative estimate of drug-likeness (QED) is 0.783. The minimum atomic E-state index is -0.297. The molecule has 0 aliphatic carbocycles. The van der Waals surface area contributed by atoms with E-state index in [2.05, 4.69) is 69.9 Å². The van der Waals surface area contributed by atoms with Crippen LogP contribution in [0.4, 0.5) is 0 Å². The van der Waals surface area contributed by atoms with Gasteiger partial charge in [-0.3, -0.25) is 4.90 Å². The molecule has 0 unspecified atom stereocenters. The number of rotatable bonds is 4. The number of ether oxygens (including phenoxy) is 1. The van der Waals surface area contributed by atoms with Crippen molar-refractivity contribution in [3.63, 3.8) is 0 Å². The molecule has 0 atom stereocenters. The summed E-state index contributed by atoms with van der Waals surface area (Å²) in [4.78, 5) is 2.43. The van der Waals surface area contributed by atoms with Crippen LogP contribution < -0.4 is 0 Å². The molecule has 2 heterocycles. The van der Waals surface area contributed by atoms with Gasteiger partial charge in [0, 0.05) is 19.6 Å². The number of morpholine rings is 1. The summed E-state index contributed by atoms with van der Waals surface area (Å²) in [5.41, 5.74) is 3.02. The first-order valence-corrected chi connectivity index (χ1v) is 9.20. The van der Waals surface area contributed by atoms with E-state index in [9.17, 15) is 0 Å². The zero-order chi connectivity index (χ0) is 18.1. The fourth-order valence-corrected chi connectivity index (χ4v) is 3.10. The Bertz CT molecular complexity index is 602. The average Bonchev–Trinajstić information content (AvgIpc) is 2.78. The molecule has 0 saturated carbocycles. The Morgan fingerprint density at radius 1 is 1.04 bits per heavy atom. The fraction of sp³-hybridized carbons (Fsp3) is 0.600. The van der Waals surface area contributed by atoms with Crippen LogP contribution in [0.5, 0.6) is 0 Å². The highest BCUT2D eigenvalue weighted by Crippen LogP contribution is 2.38. The maximum atomic E-state index is 6.11. The summed E-state index contributed by atoms with van der Waals surface area (Å²) in [7, 11) is -0.280. The van der Waals surface area contributed by atoms with Crippen LogP contribution in [0.2, 0.25) is 0 Å². The zero-order valence-electron chi connectivity index (χ0n) is 16.2. The third-order valence-corrected chi connectivity index (χ3v) is 5.51. The van der Waals surface area contributed by atoms with Crippen molar-refractivity contribution in [3.8, 4) is 0 Å². The van der Waals surface area contributed by atoms with E-state index in [-0.39, 0.29) is 18.3 Å². The van der Waals surface area contributed by atoms with Crippen molar-refractivity contribution < 1.29 is 14.0 Å². The van der Waals surface area contributed by atoms with Crippen molar-refractivity contribution in [2.75, 3.05) is 26.3 Å². The van der Waals surface area contributed by atoms with E-state index in [1.165, 1.54) is 11.1 Å². The molecule has 25 heavy (non-hydrogen) atoms. The normalized spacial score (nSPS) is 23.9. The predicted octanol–water partition coefficient (Wildman–Crippen LogP) is 3.55. The lowest BCUT2D eigenvalue weighted by Gasteiger charge is -2.32. The van der Waals surface area contributed by atoms with Gasteiger partial charge in [0.05, 0.1) is 24.4 Å². The summed E-state index contributed by atoms with van der Waals surface area (Å²) in [5, 5.41) is 0. The molecule has 0 amide bonds. The summed E-state index contributed by atoms with van der Waals surface area (Å²) in [5.74, 6) is 0. The Morgan fingerprint density at radius 2 is 1.60 bits per heavy atom. The van der Waals surface area contributed by atoms with Gasteiger partial charge in [-0.1, -0.05) is 30.3 Å². The van der Waals surface area contributed by atoms with E-state index in [1.54, 1.807) is 0 Å². The molecule has 4 nitrogen and oxygen atoms in total. The Balaban J connectivity index is 1.63. The summed E-state index contributed by atoms with van der Waals surface area (Å²) in [6, 6.07) is 8.76. The SMILES string of the molecule is C/C(=C\c1ccc(CN2CCOCC2)cc1)B1OC(C)(C)C(C)(C)O1. The first-order valence-electron chi connectivity index (χ1n) is 9.20. The number of hydrogen-bond acceptors (Lipinski definition) is 4. The summed E-state index contributed by atoms with van der Waals surface area (Å²) in [6.45, 7) is 15.1. The maximum absolute atomic E-state index is 6.11. The van der Waals surface area contributed by atoms with E-state index in [0.29, 0.717) is 0 Å². The summed E-state index contributed by atoms with van der Waals surface area (Å²) in [6.07, 6.45) is 2.15. The van der Waals surface area contributed by atoms with Crippen molar-refractivity contribution in [1.82, 2.24) is 4.90 Å². The minimum absolute atomic E-state index is 0.280. The number of benzene rings is 1. The highest BCUT2D eigenvalue weighted by molar-refractivity contribution is 6.55. The predicted molar refractivity (Wildman–Crippen MR) is 102 cm³/mol. The van der Waals surface area contributed by atoms with Gasteiger partial charge < -0.3 is 14.0 Å². The van der Waals surface area contributed by atoms with Crippen LogP contribution in [-0.2, 0) is 20.6 Å². The molecular weight excluding hydrogens is 313 g/mol. The smallest absolute Gasteiger partial charge is 0.400 e. The molecule has 0 aromatic heterocycles. The molecule has 1 aromatic carbocycles. The van der Waals surface area contributed by atoms with Gasteiger partial charge in [0.1, 0.15) is 0 Å². The second kappa shape index (κ2) is 7.24. The molecule has 0 radical (unpaired) electrons. The van der Waals surface area contributed by atoms with Gasteiger partial charge in [-0.25, -0.2) is 0 Å². The van der Waals surface area contributed by atoms with E-state index in [4.69, 9.17) is 14.0 Å². The van der Waals surface area contributed by atoms with Gasteiger partial charge in [-0.05, 0) is 51.2 Å². The van der Waals surface area contributed by atoms with Crippen LogP contribution >= 0.6 is 0 Å². The Labute approximate surface area is 152 Å². The molecule has 0 N–H and O–H groups in total. The molecule has 1 aromatic rings. The molecular formula is C20H30BNO3. The monoisotopic (exact) mass is 343 g/mol. The van der Waals surface area contributed by atoms with Crippen LogP contribution in [0.1, 0.15) is 45.7 Å². The second-order valence-electron chi connectivity index (χ2n) is 8.11. The molecule has 2 aliphatic rings. The number of hydrogen-bond donors (Lipinski definition) is 0. The Hall–Kier alpha value is -1.14. The Kier molecular flexibility index (Phi) is 5.40. The van der Waals surface area contributed by atoms with Gasteiger partial charge in [0.25, 0.3) is 0 Å². The third-order valence-electron chi connectivity index (χ3n) is 5.51. The maximum Gasteiger partial charge on any atom is 0.490 e. The zero-order valence-corrected chi connectivity index (χ0v) is 16.2. The first kappa shape index (κ1) is 18.6. The molecule has 136 valence electrons. The van der Waals surface area contributed by atoms with Gasteiger partial charge in [-0.2, -0.15) is 0 Å². The second-order valence-corrected chi connectivity index (χ2v) is 8.11. The molecule has 0 spiro atoms. The molecule has 0 bridgehead atoms. The highest BCUT2D eigenvalue weighted by atomic mass is 16.7. The van der Waals surface area contributed by atoms with Crippen molar-refractivity contribution in [3.05, 3.63) is 40.9 Å². The van der Waals surface area contributed by atoms with Crippen LogP contribution in [0, 0.1) is 0 Å². The van der Waals surface area contributed by atoms with Gasteiger partial charge >= 0.3 is 7.12 Å². The van der Waals surface area contributed by atoms with Gasteiger partial charge in [-0.15, -0.1) is 0 Å². The minimum Gasteiger partial charge on any atom is -0.400 e. The number of nitrogens with zero attached hydrogens (tertiary/aromatic N) is 1. The largest absolute Gasteiger partial charge is 0.490 e. The lowest BCUT2D eigenvalue weighted by Crippen LogP contribution is -2.41. The molecule has 3 rings (SSSR count). The topological polar surface area (TPSA) is 30.9 Å². The fourth-order valence-electron chi connectivity index (χ4n) is 3.10. The van der Waals surface area contributed by atoms with Crippen LogP contribution in [-0.4, -0.2) is 49.5 Å². The third kappa shape index (κ3) is 4.34. The van der Waals surface area contributed by atoms with Gasteiger partial charge in [0.2, 0.25) is 0 Å². The molecule has 5 heteroatoms.